The van der Waals surface area contributed by atoms with E-state index < -0.39 is 8.07 Å². The minimum absolute atomic E-state index is 0.284. The average Bonchev–Trinajstić information content (AvgIpc) is 2.74. The van der Waals surface area contributed by atoms with E-state index >= 15 is 0 Å². The van der Waals surface area contributed by atoms with Crippen molar-refractivity contribution in [3.63, 3.8) is 0 Å². The topological polar surface area (TPSA) is 0 Å². The Morgan fingerprint density at radius 2 is 1.00 bits per heavy atom. The summed E-state index contributed by atoms with van der Waals surface area (Å²) in [4.78, 5) is 0. The van der Waals surface area contributed by atoms with Crippen LogP contribution in [0.3, 0.4) is 0 Å². The van der Waals surface area contributed by atoms with Crippen molar-refractivity contribution in [2.24, 2.45) is 0 Å². The van der Waals surface area contributed by atoms with Crippen molar-refractivity contribution in [3.05, 3.63) is 59.7 Å². The maximum absolute atomic E-state index is 2.61. The van der Waals surface area contributed by atoms with E-state index in [0.717, 1.165) is 0 Å². The van der Waals surface area contributed by atoms with E-state index in [1.807, 2.05) is 0 Å². The van der Waals surface area contributed by atoms with Gasteiger partial charge in [0.25, 0.3) is 0 Å². The number of benzene rings is 2. The summed E-state index contributed by atoms with van der Waals surface area (Å²) in [5.74, 6) is 0. The van der Waals surface area contributed by atoms with Crippen LogP contribution >= 0.6 is 0 Å². The van der Waals surface area contributed by atoms with Crippen molar-refractivity contribution in [3.8, 4) is 0 Å². The molecule has 2 aromatic carbocycles. The second-order valence-corrected chi connectivity index (χ2v) is 17.4. The van der Waals surface area contributed by atoms with Crippen molar-refractivity contribution in [1.82, 2.24) is 0 Å². The van der Waals surface area contributed by atoms with E-state index in [9.17, 15) is 0 Å². The van der Waals surface area contributed by atoms with Crippen LogP contribution in [-0.2, 0) is 12.8 Å². The van der Waals surface area contributed by atoms with Gasteiger partial charge in [-0.1, -0.05) is 137 Å². The molecule has 0 unspecified atom stereocenters. The van der Waals surface area contributed by atoms with Crippen LogP contribution in [0.4, 0.5) is 0 Å². The Hall–Kier alpha value is -1.13. The molecule has 2 aromatic rings. The molecule has 0 bridgehead atoms. The third-order valence-corrected chi connectivity index (χ3v) is 15.4. The molecule has 2 heteroatoms. The summed E-state index contributed by atoms with van der Waals surface area (Å²) >= 11 is 0. The Labute approximate surface area is 190 Å². The quantitative estimate of drug-likeness (QED) is 0.213. The molecule has 0 spiro atoms. The van der Waals surface area contributed by atoms with Crippen LogP contribution in [0.1, 0.15) is 76.3 Å². The van der Waals surface area contributed by atoms with E-state index in [1.54, 1.807) is 10.4 Å². The summed E-state index contributed by atoms with van der Waals surface area (Å²) in [6, 6.07) is 19.6. The molecule has 0 aliphatic rings. The lowest BCUT2D eigenvalue weighted by Gasteiger charge is -2.30. The highest BCUT2D eigenvalue weighted by molar-refractivity contribution is 7.06. The van der Waals surface area contributed by atoms with Crippen LogP contribution in [0, 0.1) is 0 Å². The molecule has 0 fully saturated rings. The maximum Gasteiger partial charge on any atom is 0.112 e. The lowest BCUT2D eigenvalue weighted by atomic mass is 10.1. The molecule has 0 atom stereocenters. The Bertz CT molecular complexity index is 645. The van der Waals surface area contributed by atoms with Gasteiger partial charge >= 0.3 is 0 Å². The summed E-state index contributed by atoms with van der Waals surface area (Å²) in [5, 5.41) is 3.25. The standard InChI is InChI=1S/C28H45Si2/c1-6-8-10-12-14-25-16-20-27(21-17-25)30(5,24-29(3)4)28-22-18-26(19-23-28)15-13-11-9-7-2/h16-23H,6-15,24H2,1-5H3. The van der Waals surface area contributed by atoms with Gasteiger partial charge < -0.3 is 0 Å². The van der Waals surface area contributed by atoms with Crippen LogP contribution in [0.25, 0.3) is 0 Å². The lowest BCUT2D eigenvalue weighted by Crippen LogP contribution is -2.57. The molecule has 2 rings (SSSR count). The summed E-state index contributed by atoms with van der Waals surface area (Å²) < 4.78 is 0. The molecule has 0 aromatic heterocycles. The first-order valence-corrected chi connectivity index (χ1v) is 17.9. The van der Waals surface area contributed by atoms with Crippen molar-refractivity contribution >= 4 is 27.2 Å². The first-order valence-electron chi connectivity index (χ1n) is 12.5. The second kappa shape index (κ2) is 13.3. The fourth-order valence-electron chi connectivity index (χ4n) is 4.67. The maximum atomic E-state index is 2.61. The van der Waals surface area contributed by atoms with Crippen molar-refractivity contribution in [2.75, 3.05) is 0 Å². The average molecular weight is 438 g/mol. The Morgan fingerprint density at radius 1 is 0.600 bits per heavy atom. The van der Waals surface area contributed by atoms with Crippen molar-refractivity contribution in [1.29, 1.82) is 0 Å². The molecule has 0 amide bonds. The lowest BCUT2D eigenvalue weighted by molar-refractivity contribution is 0.667. The smallest absolute Gasteiger partial charge is 0.0715 e. The van der Waals surface area contributed by atoms with Gasteiger partial charge in [0.2, 0.25) is 0 Å². The SMILES string of the molecule is CCCCCCc1ccc([Si](C)(C[Si](C)C)c2ccc(CCCCCC)cc2)cc1. The van der Waals surface area contributed by atoms with E-state index in [2.05, 4.69) is 82.0 Å². The van der Waals surface area contributed by atoms with Gasteiger partial charge in [0.15, 0.2) is 0 Å². The number of hydrogen-bond acceptors (Lipinski definition) is 0. The summed E-state index contributed by atoms with van der Waals surface area (Å²) in [6.45, 7) is 12.2. The number of rotatable bonds is 14. The van der Waals surface area contributed by atoms with Gasteiger partial charge in [0.1, 0.15) is 8.07 Å². The molecule has 0 saturated heterocycles. The fourth-order valence-corrected chi connectivity index (χ4v) is 14.1. The van der Waals surface area contributed by atoms with Crippen LogP contribution in [-0.4, -0.2) is 16.9 Å². The third-order valence-electron chi connectivity index (χ3n) is 6.53. The van der Waals surface area contributed by atoms with Crippen molar-refractivity contribution in [2.45, 2.75) is 103 Å². The normalized spacial score (nSPS) is 11.9. The van der Waals surface area contributed by atoms with E-state index in [-0.39, 0.29) is 8.80 Å². The highest BCUT2D eigenvalue weighted by Crippen LogP contribution is 2.16. The van der Waals surface area contributed by atoms with Gasteiger partial charge in [-0.05, 0) is 36.8 Å². The molecule has 165 valence electrons. The molecule has 0 N–H and O–H groups in total. The third kappa shape index (κ3) is 7.85. The summed E-state index contributed by atoms with van der Waals surface area (Å²) in [6.07, 6.45) is 13.3. The van der Waals surface area contributed by atoms with E-state index in [0.29, 0.717) is 0 Å². The molecule has 1 radical (unpaired) electrons. The van der Waals surface area contributed by atoms with Gasteiger partial charge in [-0.15, -0.1) is 0 Å². The van der Waals surface area contributed by atoms with Gasteiger partial charge in [-0.2, -0.15) is 0 Å². The number of unbranched alkanes of at least 4 members (excludes halogenated alkanes) is 6. The zero-order chi connectivity index (χ0) is 21.8. The summed E-state index contributed by atoms with van der Waals surface area (Å²) in [7, 11) is -1.94. The van der Waals surface area contributed by atoms with Crippen molar-refractivity contribution < 1.29 is 0 Å². The minimum Gasteiger partial charge on any atom is -0.0715 e. The van der Waals surface area contributed by atoms with Crippen LogP contribution in [0.2, 0.25) is 25.3 Å². The molecule has 0 nitrogen and oxygen atoms in total. The number of aryl methyl sites for hydroxylation is 2. The summed E-state index contributed by atoms with van der Waals surface area (Å²) in [5.41, 5.74) is 4.46. The van der Waals surface area contributed by atoms with E-state index in [4.69, 9.17) is 0 Å². The zero-order valence-corrected chi connectivity index (χ0v) is 22.4. The molecular weight excluding hydrogens is 392 g/mol. The molecular formula is C28H45Si2. The zero-order valence-electron chi connectivity index (χ0n) is 20.4. The Kier molecular flexibility index (Phi) is 11.2. The first kappa shape index (κ1) is 25.1. The van der Waals surface area contributed by atoms with Gasteiger partial charge in [-0.25, -0.2) is 0 Å². The van der Waals surface area contributed by atoms with Crippen LogP contribution in [0.15, 0.2) is 48.5 Å². The van der Waals surface area contributed by atoms with Crippen LogP contribution < -0.4 is 10.4 Å². The highest BCUT2D eigenvalue weighted by Gasteiger charge is 2.32. The highest BCUT2D eigenvalue weighted by atomic mass is 28.4. The van der Waals surface area contributed by atoms with E-state index in [1.165, 1.54) is 81.0 Å². The van der Waals surface area contributed by atoms with Gasteiger partial charge in [0, 0.05) is 8.80 Å². The Balaban J connectivity index is 2.12. The first-order chi connectivity index (χ1) is 14.5. The largest absolute Gasteiger partial charge is 0.112 e. The van der Waals surface area contributed by atoms with Gasteiger partial charge in [-0.3, -0.25) is 0 Å². The molecule has 0 heterocycles. The monoisotopic (exact) mass is 437 g/mol. The van der Waals surface area contributed by atoms with Crippen LogP contribution in [0.5, 0.6) is 0 Å². The Morgan fingerprint density at radius 3 is 1.33 bits per heavy atom. The molecule has 0 aliphatic heterocycles. The fraction of sp³-hybridized carbons (Fsp3) is 0.571. The molecule has 30 heavy (non-hydrogen) atoms. The predicted molar refractivity (Wildman–Crippen MR) is 142 cm³/mol. The predicted octanol–water partition coefficient (Wildman–Crippen LogP) is 7.42. The molecule has 0 aliphatic carbocycles. The minimum atomic E-state index is -1.65. The second-order valence-electron chi connectivity index (χ2n) is 9.73. The molecule has 0 saturated carbocycles. The number of hydrogen-bond donors (Lipinski definition) is 0. The van der Waals surface area contributed by atoms with Gasteiger partial charge in [0.05, 0.1) is 0 Å².